The van der Waals surface area contributed by atoms with Crippen LogP contribution in [0.1, 0.15) is 43.0 Å². The van der Waals surface area contributed by atoms with Crippen molar-refractivity contribution in [3.05, 3.63) is 47.0 Å². The minimum absolute atomic E-state index is 0.107. The second kappa shape index (κ2) is 9.78. The van der Waals surface area contributed by atoms with E-state index in [-0.39, 0.29) is 12.5 Å². The molecule has 7 heteroatoms. The number of thiazole rings is 1. The third kappa shape index (κ3) is 6.93. The Morgan fingerprint density at radius 1 is 1.24 bits per heavy atom. The molecule has 0 unspecified atom stereocenters. The second-order valence-corrected chi connectivity index (χ2v) is 6.92. The molecule has 0 fully saturated rings. The molecule has 0 aliphatic heterocycles. The minimum Gasteiger partial charge on any atom is -0.445 e. The molecule has 0 bridgehead atoms. The van der Waals surface area contributed by atoms with E-state index in [1.165, 1.54) is 11.3 Å². The van der Waals surface area contributed by atoms with Gasteiger partial charge in [-0.2, -0.15) is 0 Å². The number of carbonyl (C=O) groups excluding carboxylic acids is 2. The molecule has 134 valence electrons. The van der Waals surface area contributed by atoms with Crippen LogP contribution in [0.5, 0.6) is 0 Å². The number of ether oxygens (including phenoxy) is 1. The zero-order valence-corrected chi connectivity index (χ0v) is 15.3. The van der Waals surface area contributed by atoms with E-state index in [4.69, 9.17) is 4.74 Å². The number of rotatable bonds is 8. The van der Waals surface area contributed by atoms with Crippen molar-refractivity contribution in [1.29, 1.82) is 0 Å². The Labute approximate surface area is 151 Å². The van der Waals surface area contributed by atoms with Crippen LogP contribution in [0.3, 0.4) is 0 Å². The highest BCUT2D eigenvalue weighted by Gasteiger charge is 2.09. The maximum Gasteiger partial charge on any atom is 0.407 e. The van der Waals surface area contributed by atoms with E-state index >= 15 is 0 Å². The van der Waals surface area contributed by atoms with Gasteiger partial charge in [0, 0.05) is 24.0 Å². The predicted octanol–water partition coefficient (Wildman–Crippen LogP) is 3.91. The van der Waals surface area contributed by atoms with E-state index in [0.29, 0.717) is 30.4 Å². The van der Waals surface area contributed by atoms with Crippen LogP contribution in [-0.4, -0.2) is 23.5 Å². The first-order valence-electron chi connectivity index (χ1n) is 8.24. The summed E-state index contributed by atoms with van der Waals surface area (Å²) in [5.41, 5.74) is 0.932. The average molecular weight is 361 g/mol. The quantitative estimate of drug-likeness (QED) is 0.699. The molecule has 6 nitrogen and oxygen atoms in total. The van der Waals surface area contributed by atoms with Gasteiger partial charge in [0.15, 0.2) is 5.13 Å². The number of alkyl carbamates (subject to hydrolysis) is 1. The molecule has 1 heterocycles. The van der Waals surface area contributed by atoms with Gasteiger partial charge in [0.1, 0.15) is 6.61 Å². The van der Waals surface area contributed by atoms with E-state index in [1.54, 1.807) is 6.20 Å². The Bertz CT molecular complexity index is 686. The number of nitrogens with one attached hydrogen (secondary N) is 2. The standard InChI is InChI=1S/C18H23N3O3S/c1-13(2)15-11-20-17(25-15)21-16(22)9-6-10-19-18(23)24-12-14-7-4-3-5-8-14/h3-5,7-8,11,13H,6,9-10,12H2,1-2H3,(H,19,23)(H,20,21,22). The summed E-state index contributed by atoms with van der Waals surface area (Å²) in [5.74, 6) is 0.290. The first-order valence-corrected chi connectivity index (χ1v) is 9.06. The number of carbonyl (C=O) groups is 2. The Morgan fingerprint density at radius 2 is 2.00 bits per heavy atom. The van der Waals surface area contributed by atoms with Gasteiger partial charge in [0.05, 0.1) is 0 Å². The molecule has 0 aliphatic rings. The predicted molar refractivity (Wildman–Crippen MR) is 98.7 cm³/mol. The summed E-state index contributed by atoms with van der Waals surface area (Å²) < 4.78 is 5.10. The fourth-order valence-electron chi connectivity index (χ4n) is 2.01. The first-order chi connectivity index (χ1) is 12.0. The van der Waals surface area contributed by atoms with Crippen molar-refractivity contribution in [2.75, 3.05) is 11.9 Å². The van der Waals surface area contributed by atoms with Crippen LogP contribution in [0.15, 0.2) is 36.5 Å². The zero-order valence-electron chi connectivity index (χ0n) is 14.5. The number of hydrogen-bond donors (Lipinski definition) is 2. The van der Waals surface area contributed by atoms with Crippen LogP contribution < -0.4 is 10.6 Å². The van der Waals surface area contributed by atoms with E-state index in [0.717, 1.165) is 10.4 Å². The summed E-state index contributed by atoms with van der Waals surface area (Å²) in [6.07, 6.45) is 2.16. The van der Waals surface area contributed by atoms with Gasteiger partial charge in [0.2, 0.25) is 5.91 Å². The molecule has 0 spiro atoms. The lowest BCUT2D eigenvalue weighted by Crippen LogP contribution is -2.26. The van der Waals surface area contributed by atoms with Crippen LogP contribution in [0, 0.1) is 0 Å². The van der Waals surface area contributed by atoms with Gasteiger partial charge < -0.3 is 15.4 Å². The number of hydrogen-bond acceptors (Lipinski definition) is 5. The number of benzene rings is 1. The van der Waals surface area contributed by atoms with Crippen LogP contribution in [0.4, 0.5) is 9.93 Å². The summed E-state index contributed by atoms with van der Waals surface area (Å²) in [5, 5.41) is 6.03. The van der Waals surface area contributed by atoms with Crippen LogP contribution >= 0.6 is 11.3 Å². The molecule has 0 saturated heterocycles. The van der Waals surface area contributed by atoms with Crippen LogP contribution in [0.25, 0.3) is 0 Å². The lowest BCUT2D eigenvalue weighted by Gasteiger charge is -2.07. The Balaban J connectivity index is 1.58. The van der Waals surface area contributed by atoms with Crippen molar-refractivity contribution in [3.63, 3.8) is 0 Å². The summed E-state index contributed by atoms with van der Waals surface area (Å²) in [4.78, 5) is 28.8. The molecular formula is C18H23N3O3S. The summed E-state index contributed by atoms with van der Waals surface area (Å²) >= 11 is 1.49. The fraction of sp³-hybridized carbons (Fsp3) is 0.389. The third-order valence-corrected chi connectivity index (χ3v) is 4.62. The third-order valence-electron chi connectivity index (χ3n) is 3.40. The molecule has 0 atom stereocenters. The molecule has 0 radical (unpaired) electrons. The van der Waals surface area contributed by atoms with E-state index in [2.05, 4.69) is 29.5 Å². The van der Waals surface area contributed by atoms with Crippen molar-refractivity contribution in [2.45, 2.75) is 39.2 Å². The van der Waals surface area contributed by atoms with Crippen molar-refractivity contribution in [3.8, 4) is 0 Å². The Hall–Kier alpha value is -2.41. The second-order valence-electron chi connectivity index (χ2n) is 5.86. The van der Waals surface area contributed by atoms with Crippen LogP contribution in [-0.2, 0) is 16.1 Å². The van der Waals surface area contributed by atoms with Gasteiger partial charge in [0.25, 0.3) is 0 Å². The summed E-state index contributed by atoms with van der Waals surface area (Å²) in [6, 6.07) is 9.47. The highest BCUT2D eigenvalue weighted by molar-refractivity contribution is 7.15. The molecule has 1 aromatic carbocycles. The monoisotopic (exact) mass is 361 g/mol. The van der Waals surface area contributed by atoms with Gasteiger partial charge in [-0.3, -0.25) is 4.79 Å². The van der Waals surface area contributed by atoms with Crippen LogP contribution in [0.2, 0.25) is 0 Å². The smallest absolute Gasteiger partial charge is 0.407 e. The maximum absolute atomic E-state index is 11.9. The number of amides is 2. The molecule has 0 saturated carbocycles. The summed E-state index contributed by atoms with van der Waals surface area (Å²) in [7, 11) is 0. The minimum atomic E-state index is -0.481. The lowest BCUT2D eigenvalue weighted by atomic mass is 10.2. The van der Waals surface area contributed by atoms with Crippen molar-refractivity contribution in [1.82, 2.24) is 10.3 Å². The van der Waals surface area contributed by atoms with Crippen molar-refractivity contribution in [2.24, 2.45) is 0 Å². The summed E-state index contributed by atoms with van der Waals surface area (Å²) in [6.45, 7) is 4.79. The van der Waals surface area contributed by atoms with Gasteiger partial charge in [-0.25, -0.2) is 9.78 Å². The van der Waals surface area contributed by atoms with Crippen molar-refractivity contribution >= 4 is 28.5 Å². The highest BCUT2D eigenvalue weighted by Crippen LogP contribution is 2.25. The average Bonchev–Trinajstić information content (AvgIpc) is 3.06. The van der Waals surface area contributed by atoms with Gasteiger partial charge >= 0.3 is 6.09 Å². The van der Waals surface area contributed by atoms with E-state index in [1.807, 2.05) is 30.3 Å². The number of nitrogens with zero attached hydrogens (tertiary/aromatic N) is 1. The SMILES string of the molecule is CC(C)c1cnc(NC(=O)CCCNC(=O)OCc2ccccc2)s1. The van der Waals surface area contributed by atoms with Gasteiger partial charge in [-0.05, 0) is 17.9 Å². The molecule has 0 aliphatic carbocycles. The zero-order chi connectivity index (χ0) is 18.1. The largest absolute Gasteiger partial charge is 0.445 e. The molecule has 25 heavy (non-hydrogen) atoms. The molecule has 1 aromatic heterocycles. The number of aromatic nitrogens is 1. The lowest BCUT2D eigenvalue weighted by molar-refractivity contribution is -0.116. The molecule has 2 aromatic rings. The highest BCUT2D eigenvalue weighted by atomic mass is 32.1. The van der Waals surface area contributed by atoms with Gasteiger partial charge in [-0.1, -0.05) is 44.2 Å². The topological polar surface area (TPSA) is 80.3 Å². The number of anilines is 1. The van der Waals surface area contributed by atoms with E-state index < -0.39 is 6.09 Å². The first kappa shape index (κ1) is 18.9. The molecule has 2 rings (SSSR count). The molecular weight excluding hydrogens is 338 g/mol. The molecule has 2 N–H and O–H groups in total. The van der Waals surface area contributed by atoms with E-state index in [9.17, 15) is 9.59 Å². The maximum atomic E-state index is 11.9. The fourth-order valence-corrected chi connectivity index (χ4v) is 2.84. The Morgan fingerprint density at radius 3 is 2.68 bits per heavy atom. The Kier molecular flexibility index (Phi) is 7.40. The normalized spacial score (nSPS) is 10.5. The van der Waals surface area contributed by atoms with Gasteiger partial charge in [-0.15, -0.1) is 11.3 Å². The van der Waals surface area contributed by atoms with Crippen molar-refractivity contribution < 1.29 is 14.3 Å². The molecule has 2 amide bonds.